The molecule has 2 aromatic rings. The largest absolute Gasteiger partial charge is 0.487 e. The molecule has 1 heterocycles. The lowest BCUT2D eigenvalue weighted by atomic mass is 10.0. The second-order valence-electron chi connectivity index (χ2n) is 5.51. The zero-order chi connectivity index (χ0) is 14.7. The van der Waals surface area contributed by atoms with E-state index in [1.54, 1.807) is 0 Å². The van der Waals surface area contributed by atoms with E-state index in [0.717, 1.165) is 15.9 Å². The van der Waals surface area contributed by atoms with Crippen LogP contribution >= 0.6 is 15.9 Å². The van der Waals surface area contributed by atoms with Crippen molar-refractivity contribution >= 4 is 15.9 Å². The van der Waals surface area contributed by atoms with Crippen molar-refractivity contribution in [3.63, 3.8) is 0 Å². The van der Waals surface area contributed by atoms with E-state index >= 15 is 0 Å². The molecular formula is C16H21BrN2O. The Bertz CT molecular complexity index is 576. The van der Waals surface area contributed by atoms with Crippen molar-refractivity contribution in [2.45, 2.75) is 46.3 Å². The molecule has 4 heteroatoms. The van der Waals surface area contributed by atoms with E-state index in [0.29, 0.717) is 18.6 Å². The summed E-state index contributed by atoms with van der Waals surface area (Å²) in [7, 11) is 0. The van der Waals surface area contributed by atoms with Gasteiger partial charge in [-0.3, -0.25) is 0 Å². The van der Waals surface area contributed by atoms with Gasteiger partial charge in [0.25, 0.3) is 0 Å². The normalized spacial score (nSPS) is 11.3. The maximum atomic E-state index is 6.01. The van der Waals surface area contributed by atoms with Gasteiger partial charge in [-0.2, -0.15) is 0 Å². The molecule has 20 heavy (non-hydrogen) atoms. The van der Waals surface area contributed by atoms with E-state index in [9.17, 15) is 0 Å². The molecule has 2 rings (SSSR count). The van der Waals surface area contributed by atoms with E-state index in [-0.39, 0.29) is 0 Å². The molecule has 0 radical (unpaired) electrons. The minimum absolute atomic E-state index is 0.394. The van der Waals surface area contributed by atoms with Crippen molar-refractivity contribution in [3.8, 4) is 5.75 Å². The van der Waals surface area contributed by atoms with Gasteiger partial charge in [-0.15, -0.1) is 0 Å². The summed E-state index contributed by atoms with van der Waals surface area (Å²) in [6, 6.07) is 6.56. The van der Waals surface area contributed by atoms with Gasteiger partial charge in [0.1, 0.15) is 12.4 Å². The standard InChI is InChI=1S/C16H21BrN2O/c1-11(2)15-7-13(17)5-6-16(15)20-9-14-8-18-10-19(14)12(3)4/h5-8,10-12H,9H2,1-4H3. The van der Waals surface area contributed by atoms with Crippen LogP contribution in [0.4, 0.5) is 0 Å². The van der Waals surface area contributed by atoms with Crippen molar-refractivity contribution in [2.75, 3.05) is 0 Å². The molecule has 0 N–H and O–H groups in total. The lowest BCUT2D eigenvalue weighted by molar-refractivity contribution is 0.288. The molecule has 0 bridgehead atoms. The first-order chi connectivity index (χ1) is 9.49. The Labute approximate surface area is 129 Å². The number of hydrogen-bond acceptors (Lipinski definition) is 2. The third-order valence-corrected chi connectivity index (χ3v) is 3.77. The number of imidazole rings is 1. The Hall–Kier alpha value is -1.29. The quantitative estimate of drug-likeness (QED) is 0.774. The minimum Gasteiger partial charge on any atom is -0.487 e. The van der Waals surface area contributed by atoms with Crippen LogP contribution in [0.15, 0.2) is 35.2 Å². The maximum Gasteiger partial charge on any atom is 0.130 e. The summed E-state index contributed by atoms with van der Waals surface area (Å²) >= 11 is 3.52. The highest BCUT2D eigenvalue weighted by molar-refractivity contribution is 9.10. The van der Waals surface area contributed by atoms with Gasteiger partial charge < -0.3 is 9.30 Å². The van der Waals surface area contributed by atoms with Crippen molar-refractivity contribution in [2.24, 2.45) is 0 Å². The van der Waals surface area contributed by atoms with Gasteiger partial charge in [0.2, 0.25) is 0 Å². The second-order valence-corrected chi connectivity index (χ2v) is 6.43. The summed E-state index contributed by atoms with van der Waals surface area (Å²) in [6.45, 7) is 9.17. The molecule has 0 amide bonds. The highest BCUT2D eigenvalue weighted by atomic mass is 79.9. The lowest BCUT2D eigenvalue weighted by Gasteiger charge is -2.16. The fraction of sp³-hybridized carbons (Fsp3) is 0.438. The molecule has 0 atom stereocenters. The number of benzene rings is 1. The van der Waals surface area contributed by atoms with Crippen molar-refractivity contribution in [1.29, 1.82) is 0 Å². The molecule has 108 valence electrons. The van der Waals surface area contributed by atoms with E-state index in [1.165, 1.54) is 5.56 Å². The van der Waals surface area contributed by atoms with E-state index < -0.39 is 0 Å². The van der Waals surface area contributed by atoms with Crippen molar-refractivity contribution in [1.82, 2.24) is 9.55 Å². The van der Waals surface area contributed by atoms with E-state index in [2.05, 4.69) is 59.2 Å². The molecule has 0 saturated carbocycles. The lowest BCUT2D eigenvalue weighted by Crippen LogP contribution is -2.08. The van der Waals surface area contributed by atoms with E-state index in [4.69, 9.17) is 4.74 Å². The molecule has 0 unspecified atom stereocenters. The summed E-state index contributed by atoms with van der Waals surface area (Å²) in [5, 5.41) is 0. The molecular weight excluding hydrogens is 316 g/mol. The number of hydrogen-bond donors (Lipinski definition) is 0. The summed E-state index contributed by atoms with van der Waals surface area (Å²) in [4.78, 5) is 4.20. The zero-order valence-electron chi connectivity index (χ0n) is 12.4. The fourth-order valence-electron chi connectivity index (χ4n) is 2.16. The van der Waals surface area contributed by atoms with Crippen LogP contribution in [0.1, 0.15) is 50.9 Å². The van der Waals surface area contributed by atoms with Gasteiger partial charge >= 0.3 is 0 Å². The highest BCUT2D eigenvalue weighted by Crippen LogP contribution is 2.30. The molecule has 0 aliphatic rings. The average Bonchev–Trinajstić information content (AvgIpc) is 2.85. The van der Waals surface area contributed by atoms with Crippen LogP contribution < -0.4 is 4.74 Å². The van der Waals surface area contributed by atoms with Crippen molar-refractivity contribution < 1.29 is 4.74 Å². The number of aromatic nitrogens is 2. The molecule has 1 aromatic carbocycles. The predicted octanol–water partition coefficient (Wildman–Crippen LogP) is 4.93. The van der Waals surface area contributed by atoms with Gasteiger partial charge in [-0.05, 0) is 43.5 Å². The third-order valence-electron chi connectivity index (χ3n) is 3.27. The van der Waals surface area contributed by atoms with Gasteiger partial charge in [0, 0.05) is 10.5 Å². The molecule has 1 aromatic heterocycles. The van der Waals surface area contributed by atoms with Crippen LogP contribution in [0.5, 0.6) is 5.75 Å². The molecule has 0 aliphatic heterocycles. The average molecular weight is 337 g/mol. The van der Waals surface area contributed by atoms with Crippen LogP contribution in [-0.2, 0) is 6.61 Å². The van der Waals surface area contributed by atoms with Crippen LogP contribution in [0.2, 0.25) is 0 Å². The monoisotopic (exact) mass is 336 g/mol. The summed E-state index contributed by atoms with van der Waals surface area (Å²) in [5.74, 6) is 1.37. The fourth-order valence-corrected chi connectivity index (χ4v) is 2.54. The summed E-state index contributed by atoms with van der Waals surface area (Å²) < 4.78 is 9.22. The maximum absolute atomic E-state index is 6.01. The van der Waals surface area contributed by atoms with Gasteiger partial charge in [0.05, 0.1) is 18.2 Å². The van der Waals surface area contributed by atoms with Crippen molar-refractivity contribution in [3.05, 3.63) is 46.5 Å². The minimum atomic E-state index is 0.394. The van der Waals surface area contributed by atoms with Crippen LogP contribution in [0, 0.1) is 0 Å². The molecule has 0 saturated heterocycles. The number of ether oxygens (including phenoxy) is 1. The Morgan fingerprint density at radius 1 is 1.25 bits per heavy atom. The second kappa shape index (κ2) is 6.44. The van der Waals surface area contributed by atoms with Gasteiger partial charge in [0.15, 0.2) is 0 Å². The first kappa shape index (κ1) is 15.1. The summed E-state index contributed by atoms with van der Waals surface area (Å²) in [5.41, 5.74) is 2.31. The van der Waals surface area contributed by atoms with Gasteiger partial charge in [-0.1, -0.05) is 29.8 Å². The Balaban J connectivity index is 2.17. The van der Waals surface area contributed by atoms with Crippen LogP contribution in [0.25, 0.3) is 0 Å². The first-order valence-corrected chi connectivity index (χ1v) is 7.71. The molecule has 3 nitrogen and oxygen atoms in total. The number of halogens is 1. The number of rotatable bonds is 5. The smallest absolute Gasteiger partial charge is 0.130 e. The highest BCUT2D eigenvalue weighted by Gasteiger charge is 2.11. The molecule has 0 fully saturated rings. The van der Waals surface area contributed by atoms with E-state index in [1.807, 2.05) is 24.7 Å². The Morgan fingerprint density at radius 2 is 2.00 bits per heavy atom. The number of nitrogens with zero attached hydrogens (tertiary/aromatic N) is 2. The Morgan fingerprint density at radius 3 is 2.65 bits per heavy atom. The van der Waals surface area contributed by atoms with Gasteiger partial charge in [-0.25, -0.2) is 4.98 Å². The molecule has 0 aliphatic carbocycles. The molecule has 0 spiro atoms. The SMILES string of the molecule is CC(C)c1cc(Br)ccc1OCc1cncn1C(C)C. The Kier molecular flexibility index (Phi) is 4.86. The third kappa shape index (κ3) is 3.42. The van der Waals surface area contributed by atoms with Crippen LogP contribution in [0.3, 0.4) is 0 Å². The summed E-state index contributed by atoms with van der Waals surface area (Å²) in [6.07, 6.45) is 3.72. The predicted molar refractivity (Wildman–Crippen MR) is 85.2 cm³/mol. The van der Waals surface area contributed by atoms with Crippen LogP contribution in [-0.4, -0.2) is 9.55 Å². The first-order valence-electron chi connectivity index (χ1n) is 6.92. The topological polar surface area (TPSA) is 27.1 Å². The zero-order valence-corrected chi connectivity index (χ0v) is 14.0.